The van der Waals surface area contributed by atoms with Crippen LogP contribution < -0.4 is 0 Å². The van der Waals surface area contributed by atoms with Gasteiger partial charge in [0.2, 0.25) is 0 Å². The van der Waals surface area contributed by atoms with E-state index in [0.29, 0.717) is 21.7 Å². The number of hydrogen-bond acceptors (Lipinski definition) is 0. The van der Waals surface area contributed by atoms with Crippen molar-refractivity contribution in [2.75, 3.05) is 0 Å². The molecule has 0 aromatic heterocycles. The summed E-state index contributed by atoms with van der Waals surface area (Å²) in [7, 11) is 0. The van der Waals surface area contributed by atoms with Gasteiger partial charge >= 0.3 is 0 Å². The lowest BCUT2D eigenvalue weighted by Gasteiger charge is -2.58. The minimum atomic E-state index is 0.567. The van der Waals surface area contributed by atoms with E-state index < -0.39 is 0 Å². The molecule has 0 heterocycles. The molecular weight excluding hydrogens is 685 g/mol. The molecule has 0 aromatic carbocycles. The summed E-state index contributed by atoms with van der Waals surface area (Å²) in [4.78, 5) is 0. The van der Waals surface area contributed by atoms with Crippen molar-refractivity contribution in [3.05, 3.63) is 23.3 Å². The van der Waals surface area contributed by atoms with Crippen LogP contribution in [0.15, 0.2) is 23.3 Å². The zero-order chi connectivity index (χ0) is 40.9. The zero-order valence-corrected chi connectivity index (χ0v) is 40.5. The van der Waals surface area contributed by atoms with Crippen LogP contribution in [0, 0.1) is 105 Å². The third-order valence-electron chi connectivity index (χ3n) is 22.2. The van der Waals surface area contributed by atoms with Gasteiger partial charge in [0, 0.05) is 0 Å². The largest absolute Gasteiger partial charge is 0.0845 e. The fraction of sp³-hybridized carbons (Fsp3) is 0.930. The average Bonchev–Trinajstić information content (AvgIpc) is 3.73. The Balaban J connectivity index is 0.000000174. The lowest BCUT2D eigenvalue weighted by molar-refractivity contribution is -0.0503. The highest BCUT2D eigenvalue weighted by atomic mass is 14.6. The van der Waals surface area contributed by atoms with E-state index in [1.54, 1.807) is 0 Å². The van der Waals surface area contributed by atoms with Crippen LogP contribution in [0.5, 0.6) is 0 Å². The topological polar surface area (TPSA) is 0 Å². The number of hydrogen-bond donors (Lipinski definition) is 0. The SMILES string of the molecule is CC(C)[C@H](C)CC[C@@H](C)[C@H]1CC[C@H]2[C@@H]3CC=C4CCCC[C@]4(C)[C@H]3CC[C@]12C.CC[C@H](CC[C@@H](C)[C@H]1CC[C@H]2[C@@H]3CC=C4CCCC[C@]4(C)[C@H]3CC[C@]12C)C(C)C. The molecule has 8 rings (SSSR count). The van der Waals surface area contributed by atoms with Crippen molar-refractivity contribution >= 4 is 0 Å². The highest BCUT2D eigenvalue weighted by Crippen LogP contribution is 2.69. The van der Waals surface area contributed by atoms with E-state index in [1.165, 1.54) is 148 Å². The van der Waals surface area contributed by atoms with Gasteiger partial charge in [-0.2, -0.15) is 0 Å². The van der Waals surface area contributed by atoms with E-state index in [4.69, 9.17) is 0 Å². The first-order valence-corrected chi connectivity index (χ1v) is 26.5. The van der Waals surface area contributed by atoms with Crippen LogP contribution in [0.2, 0.25) is 0 Å². The smallest absolute Gasteiger partial charge is 0.00853 e. The van der Waals surface area contributed by atoms with Gasteiger partial charge in [0.15, 0.2) is 0 Å². The van der Waals surface area contributed by atoms with Crippen LogP contribution in [0.4, 0.5) is 0 Å². The predicted octanol–water partition coefficient (Wildman–Crippen LogP) is 17.7. The Labute approximate surface area is 357 Å². The van der Waals surface area contributed by atoms with E-state index in [1.807, 2.05) is 11.1 Å². The molecule has 0 nitrogen and oxygen atoms in total. The minimum absolute atomic E-state index is 0.567. The summed E-state index contributed by atoms with van der Waals surface area (Å²) in [5, 5.41) is 0. The summed E-state index contributed by atoms with van der Waals surface area (Å²) >= 11 is 0. The molecule has 6 saturated carbocycles. The molecule has 0 spiro atoms. The van der Waals surface area contributed by atoms with Crippen LogP contribution in [-0.2, 0) is 0 Å². The Hall–Kier alpha value is -0.520. The van der Waals surface area contributed by atoms with Crippen molar-refractivity contribution in [1.29, 1.82) is 0 Å². The van der Waals surface area contributed by atoms with Crippen molar-refractivity contribution < 1.29 is 0 Å². The minimum Gasteiger partial charge on any atom is -0.0845 e. The molecule has 6 fully saturated rings. The Bertz CT molecular complexity index is 1390. The van der Waals surface area contributed by atoms with E-state index >= 15 is 0 Å². The van der Waals surface area contributed by atoms with Gasteiger partial charge in [-0.25, -0.2) is 0 Å². The first-order valence-electron chi connectivity index (χ1n) is 26.5. The van der Waals surface area contributed by atoms with Gasteiger partial charge in [0.05, 0.1) is 0 Å². The summed E-state index contributed by atoms with van der Waals surface area (Å²) in [6.07, 6.45) is 39.4. The summed E-state index contributed by atoms with van der Waals surface area (Å²) < 4.78 is 0. The molecule has 0 radical (unpaired) electrons. The molecular formula is C57H98. The van der Waals surface area contributed by atoms with Crippen molar-refractivity contribution in [2.24, 2.45) is 105 Å². The normalized spacial score (nSPS) is 44.5. The Morgan fingerprint density at radius 3 is 1.39 bits per heavy atom. The van der Waals surface area contributed by atoms with E-state index in [9.17, 15) is 0 Å². The second-order valence-corrected chi connectivity index (χ2v) is 25.1. The summed E-state index contributed by atoms with van der Waals surface area (Å²) in [6, 6.07) is 0. The summed E-state index contributed by atoms with van der Waals surface area (Å²) in [5.41, 5.74) is 6.15. The van der Waals surface area contributed by atoms with Crippen LogP contribution in [0.3, 0.4) is 0 Å². The fourth-order valence-electron chi connectivity index (χ4n) is 18.1. The highest BCUT2D eigenvalue weighted by molar-refractivity contribution is 5.26. The Morgan fingerprint density at radius 2 is 0.965 bits per heavy atom. The maximum absolute atomic E-state index is 2.75. The standard InChI is InChI=1S/C29H50.C28H48/c1-7-22(20(2)3)12-11-21(4)25-15-16-26-24-14-13-23-10-8-9-18-28(23,5)27(24)17-19-29(25,26)6;1-19(2)20(3)10-11-21(4)24-14-15-25-23-13-12-22-9-7-8-17-27(22,5)26(23)16-18-28(24,25)6/h13,20-22,24-27H,7-12,14-19H2,1-6H3;12,19-21,23-26H,7-11,13-18H2,1-6H3/t21-,22-,24+,25-,26+,27+,28+,29-;20-,21-,23+,24-,25+,26+,27+,28-/m11/s1. The van der Waals surface area contributed by atoms with Gasteiger partial charge < -0.3 is 0 Å². The number of rotatable bonds is 11. The molecule has 0 unspecified atom stereocenters. The molecule has 0 N–H and O–H groups in total. The molecule has 16 atom stereocenters. The first-order chi connectivity index (χ1) is 27.1. The quantitative estimate of drug-likeness (QED) is 0.183. The zero-order valence-electron chi connectivity index (χ0n) is 40.5. The third-order valence-corrected chi connectivity index (χ3v) is 22.2. The van der Waals surface area contributed by atoms with Gasteiger partial charge in [0.1, 0.15) is 0 Å². The second-order valence-electron chi connectivity index (χ2n) is 25.1. The third kappa shape index (κ3) is 8.16. The van der Waals surface area contributed by atoms with Gasteiger partial charge in [-0.15, -0.1) is 0 Å². The Morgan fingerprint density at radius 1 is 0.509 bits per heavy atom. The van der Waals surface area contributed by atoms with Gasteiger partial charge in [-0.05, 0) is 214 Å². The average molecular weight is 783 g/mol. The lowest BCUT2D eigenvalue weighted by Crippen LogP contribution is -2.50. The van der Waals surface area contributed by atoms with Crippen LogP contribution in [0.1, 0.15) is 231 Å². The predicted molar refractivity (Wildman–Crippen MR) is 249 cm³/mol. The van der Waals surface area contributed by atoms with Gasteiger partial charge in [0.25, 0.3) is 0 Å². The maximum atomic E-state index is 2.75. The monoisotopic (exact) mass is 783 g/mol. The van der Waals surface area contributed by atoms with Crippen molar-refractivity contribution in [1.82, 2.24) is 0 Å². The maximum Gasteiger partial charge on any atom is -0.00853 e. The molecule has 0 bridgehead atoms. The highest BCUT2D eigenvalue weighted by Gasteiger charge is 2.60. The molecule has 0 aromatic rings. The van der Waals surface area contributed by atoms with Gasteiger partial charge in [-0.1, -0.05) is 145 Å². The van der Waals surface area contributed by atoms with Crippen molar-refractivity contribution in [3.8, 4) is 0 Å². The van der Waals surface area contributed by atoms with E-state index in [2.05, 4.69) is 95.2 Å². The molecule has 57 heavy (non-hydrogen) atoms. The molecule has 0 saturated heterocycles. The lowest BCUT2D eigenvalue weighted by atomic mass is 9.47. The molecule has 8 aliphatic carbocycles. The van der Waals surface area contributed by atoms with Crippen LogP contribution in [-0.4, -0.2) is 0 Å². The van der Waals surface area contributed by atoms with Crippen LogP contribution >= 0.6 is 0 Å². The second kappa shape index (κ2) is 17.7. The fourth-order valence-corrected chi connectivity index (χ4v) is 18.1. The van der Waals surface area contributed by atoms with Gasteiger partial charge in [-0.3, -0.25) is 0 Å². The molecule has 8 aliphatic rings. The molecule has 0 aliphatic heterocycles. The molecule has 0 amide bonds. The van der Waals surface area contributed by atoms with Crippen molar-refractivity contribution in [2.45, 2.75) is 231 Å². The number of fused-ring (bicyclic) bond motifs is 10. The summed E-state index contributed by atoms with van der Waals surface area (Å²) in [5.74, 6) is 13.4. The van der Waals surface area contributed by atoms with Crippen molar-refractivity contribution in [3.63, 3.8) is 0 Å². The summed E-state index contributed by atoms with van der Waals surface area (Å²) in [6.45, 7) is 30.6. The molecule has 326 valence electrons. The number of allylic oxidation sites excluding steroid dienone is 4. The van der Waals surface area contributed by atoms with E-state index in [-0.39, 0.29) is 0 Å². The van der Waals surface area contributed by atoms with E-state index in [0.717, 1.165) is 82.9 Å². The Kier molecular flexibility index (Phi) is 13.8. The van der Waals surface area contributed by atoms with Crippen LogP contribution in [0.25, 0.3) is 0 Å². The first kappa shape index (κ1) is 44.5. The molecule has 0 heteroatoms.